The molecule has 0 unspecified atom stereocenters. The molecule has 1 aromatic carbocycles. The van der Waals surface area contributed by atoms with E-state index in [0.29, 0.717) is 133 Å². The van der Waals surface area contributed by atoms with Crippen molar-refractivity contribution in [2.24, 2.45) is 0 Å². The van der Waals surface area contributed by atoms with Gasteiger partial charge in [0.05, 0.1) is 106 Å². The molecule has 1 saturated heterocycles. The van der Waals surface area contributed by atoms with Crippen molar-refractivity contribution in [3.63, 3.8) is 0 Å². The third kappa shape index (κ3) is 15.5. The second kappa shape index (κ2) is 27.5. The SMILES string of the molecule is CC(=O)Nc1cc(NCCOCCOCCOCCOCCOCCC(=O)N2CCN(c3ccc(Nc4ncc5c(C)c(C(C)=O)c(=O)n(C6CCCC6)c5n4)nc3)CC2)ccc1C(=O)Nc1nc(C)c([N+](=O)[O-])s1. The first kappa shape index (κ1) is 55.7. The summed E-state index contributed by atoms with van der Waals surface area (Å²) in [6.07, 6.45) is 7.49. The number of anilines is 6. The third-order valence-corrected chi connectivity index (χ3v) is 13.5. The molecule has 2 fully saturated rings. The molecular formula is C50H64N12O12S. The fourth-order valence-electron chi connectivity index (χ4n) is 8.77. The number of amides is 3. The first-order valence-corrected chi connectivity index (χ1v) is 25.7. The Hall–Kier alpha value is -7.03. The summed E-state index contributed by atoms with van der Waals surface area (Å²) in [5.74, 6) is -0.319. The largest absolute Gasteiger partial charge is 0.383 e. The molecule has 1 saturated carbocycles. The van der Waals surface area contributed by atoms with Crippen LogP contribution in [-0.2, 0) is 33.3 Å². The van der Waals surface area contributed by atoms with Crippen molar-refractivity contribution < 1.29 is 47.8 Å². The van der Waals surface area contributed by atoms with Crippen LogP contribution in [0.3, 0.4) is 0 Å². The number of ether oxygens (including phenoxy) is 5. The Bertz CT molecular complexity index is 2850. The Labute approximate surface area is 437 Å². The molecule has 5 heterocycles. The van der Waals surface area contributed by atoms with Gasteiger partial charge in [0.15, 0.2) is 10.9 Å². The lowest BCUT2D eigenvalue weighted by molar-refractivity contribution is -0.380. The molecule has 1 aliphatic carbocycles. The van der Waals surface area contributed by atoms with Gasteiger partial charge in [-0.05, 0) is 80.8 Å². The number of carbonyl (C=O) groups excluding carboxylic acids is 4. The minimum absolute atomic E-state index is 0.0141. The van der Waals surface area contributed by atoms with Crippen LogP contribution in [-0.4, -0.2) is 157 Å². The Morgan fingerprint density at radius 1 is 0.800 bits per heavy atom. The molecule has 5 aromatic rings. The highest BCUT2D eigenvalue weighted by Crippen LogP contribution is 2.33. The molecule has 7 rings (SSSR count). The number of nitro groups is 1. The highest BCUT2D eigenvalue weighted by molar-refractivity contribution is 7.19. The molecular weight excluding hydrogens is 993 g/mol. The molecule has 0 radical (unpaired) electrons. The number of pyridine rings is 2. The van der Waals surface area contributed by atoms with Gasteiger partial charge in [-0.15, -0.1) is 0 Å². The van der Waals surface area contributed by atoms with Gasteiger partial charge in [0.25, 0.3) is 11.5 Å². The van der Waals surface area contributed by atoms with Gasteiger partial charge in [-0.2, -0.15) is 4.98 Å². The van der Waals surface area contributed by atoms with Crippen LogP contribution in [0.15, 0.2) is 47.5 Å². The number of benzene rings is 1. The maximum absolute atomic E-state index is 13.6. The maximum Gasteiger partial charge on any atom is 0.348 e. The van der Waals surface area contributed by atoms with Gasteiger partial charge in [-0.1, -0.05) is 12.8 Å². The van der Waals surface area contributed by atoms with E-state index in [0.717, 1.165) is 42.7 Å². The number of aromatic nitrogens is 5. The number of ketones is 1. The summed E-state index contributed by atoms with van der Waals surface area (Å²) in [6.45, 7) is 12.7. The van der Waals surface area contributed by atoms with Crippen LogP contribution >= 0.6 is 11.3 Å². The highest BCUT2D eigenvalue weighted by atomic mass is 32.1. The summed E-state index contributed by atoms with van der Waals surface area (Å²) in [7, 11) is 0. The molecule has 25 heteroatoms. The van der Waals surface area contributed by atoms with E-state index < -0.39 is 10.8 Å². The van der Waals surface area contributed by atoms with E-state index in [4.69, 9.17) is 28.7 Å². The van der Waals surface area contributed by atoms with Gasteiger partial charge < -0.3 is 49.4 Å². The molecule has 0 spiro atoms. The van der Waals surface area contributed by atoms with Crippen molar-refractivity contribution in [1.29, 1.82) is 0 Å². The number of carbonyl (C=O) groups is 4. The van der Waals surface area contributed by atoms with Crippen molar-refractivity contribution >= 4 is 84.8 Å². The number of hydrogen-bond acceptors (Lipinski definition) is 20. The normalized spacial score (nSPS) is 13.8. The zero-order valence-electron chi connectivity index (χ0n) is 42.6. The average Bonchev–Trinajstić information content (AvgIpc) is 4.06. The molecule has 402 valence electrons. The van der Waals surface area contributed by atoms with Crippen LogP contribution in [0.4, 0.5) is 39.0 Å². The molecule has 1 aliphatic heterocycles. The number of Topliss-reactive ketones (excluding diaryl/α,β-unsaturated/α-hetero) is 1. The zero-order chi connectivity index (χ0) is 53.3. The molecule has 24 nitrogen and oxygen atoms in total. The second-order valence-corrected chi connectivity index (χ2v) is 18.8. The fraction of sp³-hybridized carbons (Fsp3) is 0.500. The molecule has 2 aliphatic rings. The summed E-state index contributed by atoms with van der Waals surface area (Å²) < 4.78 is 29.7. The van der Waals surface area contributed by atoms with Crippen molar-refractivity contribution in [1.82, 2.24) is 29.4 Å². The van der Waals surface area contributed by atoms with Gasteiger partial charge in [-0.3, -0.25) is 44.0 Å². The second-order valence-electron chi connectivity index (χ2n) is 17.8. The highest BCUT2D eigenvalue weighted by Gasteiger charge is 2.27. The molecule has 0 atom stereocenters. The van der Waals surface area contributed by atoms with E-state index in [2.05, 4.69) is 41.1 Å². The first-order valence-electron chi connectivity index (χ1n) is 24.9. The minimum atomic E-state index is -0.577. The maximum atomic E-state index is 13.6. The number of hydrogen-bond donors (Lipinski definition) is 4. The van der Waals surface area contributed by atoms with E-state index in [9.17, 15) is 34.1 Å². The number of nitrogens with zero attached hydrogens (tertiary/aromatic N) is 8. The topological polar surface area (TPSA) is 286 Å². The molecule has 0 bridgehead atoms. The zero-order valence-corrected chi connectivity index (χ0v) is 43.5. The van der Waals surface area contributed by atoms with Crippen LogP contribution in [0.1, 0.15) is 84.0 Å². The summed E-state index contributed by atoms with van der Waals surface area (Å²) in [4.78, 5) is 96.3. The lowest BCUT2D eigenvalue weighted by Crippen LogP contribution is -2.49. The minimum Gasteiger partial charge on any atom is -0.383 e. The van der Waals surface area contributed by atoms with E-state index in [1.807, 2.05) is 17.0 Å². The lowest BCUT2D eigenvalue weighted by Gasteiger charge is -2.36. The van der Waals surface area contributed by atoms with Crippen LogP contribution in [0.5, 0.6) is 0 Å². The van der Waals surface area contributed by atoms with Crippen molar-refractivity contribution in [2.75, 3.05) is 125 Å². The lowest BCUT2D eigenvalue weighted by atomic mass is 10.0. The summed E-state index contributed by atoms with van der Waals surface area (Å²) in [6, 6.07) is 8.62. The quantitative estimate of drug-likeness (QED) is 0.0203. The van der Waals surface area contributed by atoms with Crippen molar-refractivity contribution in [3.8, 4) is 0 Å². The third-order valence-electron chi connectivity index (χ3n) is 12.5. The standard InChI is InChI=1S/C50H64N12O12S/c1-32-40-31-53-49(57-45(40)61(37-7-5-6-8-37)47(67)44(32)34(3)63)56-42-12-10-38(30-52-42)59-15-17-60(18-16-59)43(65)13-19-70-21-23-72-25-27-74-28-26-73-24-22-71-20-14-51-36-9-11-39(41(29-36)55-35(4)64)46(66)58-50-54-33(2)48(75-50)62(68)69/h9-12,29-31,37,51H,5-8,13-28H2,1-4H3,(H,55,64)(H,54,58,66)(H,52,53,56,57). The summed E-state index contributed by atoms with van der Waals surface area (Å²) in [5, 5.41) is 23.3. The van der Waals surface area contributed by atoms with Gasteiger partial charge in [-0.25, -0.2) is 15.0 Å². The number of aryl methyl sites for hydroxylation is 2. The van der Waals surface area contributed by atoms with Gasteiger partial charge in [0, 0.05) is 63.0 Å². The predicted octanol–water partition coefficient (Wildman–Crippen LogP) is 5.67. The van der Waals surface area contributed by atoms with E-state index in [-0.39, 0.29) is 68.3 Å². The average molecular weight is 1060 g/mol. The predicted molar refractivity (Wildman–Crippen MR) is 282 cm³/mol. The van der Waals surface area contributed by atoms with Gasteiger partial charge in [0.2, 0.25) is 17.8 Å². The molecule has 4 aromatic heterocycles. The number of thiazole rings is 1. The molecule has 4 N–H and O–H groups in total. The first-order chi connectivity index (χ1) is 36.3. The van der Waals surface area contributed by atoms with Crippen molar-refractivity contribution in [3.05, 3.63) is 85.6 Å². The van der Waals surface area contributed by atoms with E-state index in [1.54, 1.807) is 36.0 Å². The number of fused-ring (bicyclic) bond motifs is 1. The number of nitrogens with one attached hydrogen (secondary N) is 4. The number of piperazine rings is 1. The smallest absolute Gasteiger partial charge is 0.348 e. The Kier molecular flexibility index (Phi) is 20.4. The number of rotatable bonds is 28. The molecule has 3 amide bonds. The van der Waals surface area contributed by atoms with Crippen LogP contribution < -0.4 is 31.7 Å². The van der Waals surface area contributed by atoms with E-state index in [1.165, 1.54) is 26.8 Å². The van der Waals surface area contributed by atoms with E-state index >= 15 is 0 Å². The monoisotopic (exact) mass is 1060 g/mol. The fourth-order valence-corrected chi connectivity index (χ4v) is 9.55. The van der Waals surface area contributed by atoms with Crippen LogP contribution in [0.25, 0.3) is 11.0 Å². The Morgan fingerprint density at radius 2 is 1.45 bits per heavy atom. The van der Waals surface area contributed by atoms with Crippen LogP contribution in [0.2, 0.25) is 0 Å². The Morgan fingerprint density at radius 3 is 2.05 bits per heavy atom. The summed E-state index contributed by atoms with van der Waals surface area (Å²) >= 11 is 0.751. The molecule has 75 heavy (non-hydrogen) atoms. The van der Waals surface area contributed by atoms with Gasteiger partial charge in [0.1, 0.15) is 17.2 Å². The van der Waals surface area contributed by atoms with Crippen molar-refractivity contribution in [2.45, 2.75) is 65.8 Å². The van der Waals surface area contributed by atoms with Crippen LogP contribution in [0, 0.1) is 24.0 Å². The Balaban J connectivity index is 0.685. The summed E-state index contributed by atoms with van der Waals surface area (Å²) in [5.41, 5.74) is 3.19. The van der Waals surface area contributed by atoms with Gasteiger partial charge >= 0.3 is 5.00 Å².